The average Bonchev–Trinajstić information content (AvgIpc) is 3.58. The molecule has 3 atom stereocenters. The van der Waals surface area contributed by atoms with Crippen molar-refractivity contribution in [1.29, 1.82) is 0 Å². The zero-order valence-corrected chi connectivity index (χ0v) is 23.2. The number of hydrogen-bond acceptors (Lipinski definition) is 5. The fraction of sp³-hybridized carbons (Fsp3) is 0.966. The molecule has 1 aliphatic rings. The highest BCUT2D eigenvalue weighted by Crippen LogP contribution is 2.45. The molecule has 0 N–H and O–H groups in total. The van der Waals surface area contributed by atoms with Crippen molar-refractivity contribution in [1.82, 2.24) is 4.90 Å². The van der Waals surface area contributed by atoms with Gasteiger partial charge in [-0.2, -0.15) is 0 Å². The van der Waals surface area contributed by atoms with Crippen LogP contribution < -0.4 is 0 Å². The number of rotatable bonds is 25. The number of methoxy groups -OCH3 is 1. The molecular formula is C29H57NO4. The third-order valence-electron chi connectivity index (χ3n) is 7.36. The second kappa shape index (κ2) is 21.6. The second-order valence-corrected chi connectivity index (χ2v) is 10.7. The van der Waals surface area contributed by atoms with Gasteiger partial charge in [-0.1, -0.05) is 90.4 Å². The van der Waals surface area contributed by atoms with Gasteiger partial charge in [0.15, 0.2) is 0 Å². The maximum Gasteiger partial charge on any atom is 0.305 e. The molecular weight excluding hydrogens is 426 g/mol. The van der Waals surface area contributed by atoms with Gasteiger partial charge in [0.2, 0.25) is 0 Å². The summed E-state index contributed by atoms with van der Waals surface area (Å²) in [6, 6.07) is 0.255. The van der Waals surface area contributed by atoms with Crippen molar-refractivity contribution in [3.63, 3.8) is 0 Å². The molecule has 0 aromatic rings. The van der Waals surface area contributed by atoms with Gasteiger partial charge >= 0.3 is 5.97 Å². The summed E-state index contributed by atoms with van der Waals surface area (Å²) in [5.74, 6) is 1.98. The monoisotopic (exact) mass is 483 g/mol. The summed E-state index contributed by atoms with van der Waals surface area (Å²) < 4.78 is 16.3. The van der Waals surface area contributed by atoms with E-state index >= 15 is 0 Å². The van der Waals surface area contributed by atoms with Gasteiger partial charge in [0, 0.05) is 19.6 Å². The zero-order valence-electron chi connectivity index (χ0n) is 23.2. The van der Waals surface area contributed by atoms with Gasteiger partial charge in [-0.25, -0.2) is 0 Å². The number of hydrogen-bond donors (Lipinski definition) is 0. The number of unbranched alkanes of at least 4 members (excludes halogenated alkanes) is 10. The molecule has 202 valence electrons. The zero-order chi connectivity index (χ0) is 24.9. The van der Waals surface area contributed by atoms with Gasteiger partial charge in [-0.3, -0.25) is 4.79 Å². The van der Waals surface area contributed by atoms with Gasteiger partial charge < -0.3 is 19.1 Å². The smallest absolute Gasteiger partial charge is 0.305 e. The summed E-state index contributed by atoms with van der Waals surface area (Å²) in [7, 11) is 5.54. The van der Waals surface area contributed by atoms with E-state index in [2.05, 4.69) is 30.7 Å². The summed E-state index contributed by atoms with van der Waals surface area (Å²) in [5, 5.41) is 0. The molecule has 0 aromatic carbocycles. The van der Waals surface area contributed by atoms with Gasteiger partial charge in [0.25, 0.3) is 0 Å². The molecule has 0 heterocycles. The van der Waals surface area contributed by atoms with Crippen LogP contribution in [-0.2, 0) is 19.0 Å². The van der Waals surface area contributed by atoms with Crippen molar-refractivity contribution >= 4 is 5.97 Å². The van der Waals surface area contributed by atoms with E-state index in [1.54, 1.807) is 0 Å². The van der Waals surface area contributed by atoms with Crippen LogP contribution in [-0.4, -0.2) is 64.5 Å². The summed E-state index contributed by atoms with van der Waals surface area (Å²) in [6.07, 6.45) is 22.3. The molecule has 0 amide bonds. The van der Waals surface area contributed by atoms with Crippen molar-refractivity contribution < 1.29 is 19.0 Å². The summed E-state index contributed by atoms with van der Waals surface area (Å²) in [6.45, 7) is 5.05. The van der Waals surface area contributed by atoms with Crippen LogP contribution >= 0.6 is 0 Å². The Morgan fingerprint density at radius 2 is 1.26 bits per heavy atom. The first-order valence-electron chi connectivity index (χ1n) is 14.5. The molecule has 1 rings (SSSR count). The van der Waals surface area contributed by atoms with Gasteiger partial charge in [0.1, 0.15) is 0 Å². The highest BCUT2D eigenvalue weighted by molar-refractivity contribution is 5.68. The van der Waals surface area contributed by atoms with Crippen LogP contribution in [0.5, 0.6) is 0 Å². The third-order valence-corrected chi connectivity index (χ3v) is 7.36. The number of ether oxygens (including phenoxy) is 3. The minimum atomic E-state index is -0.175. The van der Waals surface area contributed by atoms with Crippen molar-refractivity contribution in [3.8, 4) is 0 Å². The normalized spacial score (nSPS) is 18.4. The topological polar surface area (TPSA) is 48.0 Å². The predicted octanol–water partition coefficient (Wildman–Crippen LogP) is 7.02. The largest absolute Gasteiger partial charge is 0.469 e. The summed E-state index contributed by atoms with van der Waals surface area (Å²) in [5.41, 5.74) is 0. The van der Waals surface area contributed by atoms with Crippen LogP contribution in [0.15, 0.2) is 0 Å². The Bertz CT molecular complexity index is 471. The minimum absolute atomic E-state index is 0.175. The van der Waals surface area contributed by atoms with Gasteiger partial charge in [-0.15, -0.1) is 0 Å². The first-order valence-corrected chi connectivity index (χ1v) is 14.5. The lowest BCUT2D eigenvalue weighted by Gasteiger charge is -2.24. The van der Waals surface area contributed by atoms with E-state index in [1.165, 1.54) is 97.0 Å². The molecule has 3 unspecified atom stereocenters. The summed E-state index contributed by atoms with van der Waals surface area (Å²) >= 11 is 0. The fourth-order valence-corrected chi connectivity index (χ4v) is 4.73. The Morgan fingerprint density at radius 1 is 0.765 bits per heavy atom. The lowest BCUT2D eigenvalue weighted by molar-refractivity contribution is -0.141. The number of likely N-dealkylation sites (N-methyl/N-ethyl adjacent to an activating group) is 1. The van der Waals surface area contributed by atoms with Crippen LogP contribution in [0, 0.1) is 11.8 Å². The number of carbonyl (C=O) groups is 1. The molecule has 0 saturated heterocycles. The molecule has 34 heavy (non-hydrogen) atoms. The quantitative estimate of drug-likeness (QED) is 0.103. The van der Waals surface area contributed by atoms with Crippen LogP contribution in [0.25, 0.3) is 0 Å². The summed E-state index contributed by atoms with van der Waals surface area (Å²) in [4.78, 5) is 13.3. The van der Waals surface area contributed by atoms with Crippen molar-refractivity contribution in [2.75, 3.05) is 47.6 Å². The van der Waals surface area contributed by atoms with E-state index in [-0.39, 0.29) is 12.0 Å². The van der Waals surface area contributed by atoms with E-state index in [0.717, 1.165) is 24.9 Å². The molecule has 5 heteroatoms. The highest BCUT2D eigenvalue weighted by Gasteiger charge is 2.34. The second-order valence-electron chi connectivity index (χ2n) is 10.7. The van der Waals surface area contributed by atoms with Crippen LogP contribution in [0.1, 0.15) is 116 Å². The molecule has 0 aliphatic heterocycles. The van der Waals surface area contributed by atoms with Gasteiger partial charge in [0.05, 0.1) is 26.4 Å². The van der Waals surface area contributed by atoms with E-state index in [1.807, 2.05) is 0 Å². The van der Waals surface area contributed by atoms with Gasteiger partial charge in [-0.05, 0) is 45.2 Å². The fourth-order valence-electron chi connectivity index (χ4n) is 4.73. The molecule has 0 spiro atoms. The predicted molar refractivity (Wildman–Crippen MR) is 142 cm³/mol. The van der Waals surface area contributed by atoms with Crippen LogP contribution in [0.3, 0.4) is 0 Å². The first kappa shape index (κ1) is 31.4. The standard InChI is InChI=1S/C29H57NO4/c1-5-6-7-8-11-14-18-26-23-27(26)19-15-12-9-10-13-16-21-33-24-28(30(2)3)25-34-22-17-20-29(31)32-4/h26-28H,5-25H2,1-4H3. The van der Waals surface area contributed by atoms with Crippen molar-refractivity contribution in [2.24, 2.45) is 11.8 Å². The van der Waals surface area contributed by atoms with Crippen molar-refractivity contribution in [3.05, 3.63) is 0 Å². The maximum atomic E-state index is 11.1. The maximum absolute atomic E-state index is 11.1. The Morgan fingerprint density at radius 3 is 1.79 bits per heavy atom. The molecule has 0 radical (unpaired) electrons. The van der Waals surface area contributed by atoms with E-state index in [4.69, 9.17) is 9.47 Å². The number of carbonyl (C=O) groups excluding carboxylic acids is 1. The van der Waals surface area contributed by atoms with E-state index < -0.39 is 0 Å². The minimum Gasteiger partial charge on any atom is -0.469 e. The molecule has 0 aromatic heterocycles. The molecule has 1 saturated carbocycles. The third kappa shape index (κ3) is 17.7. The number of esters is 1. The van der Waals surface area contributed by atoms with E-state index in [0.29, 0.717) is 32.7 Å². The number of nitrogens with zero attached hydrogens (tertiary/aromatic N) is 1. The molecule has 0 bridgehead atoms. The first-order chi connectivity index (χ1) is 16.6. The molecule has 1 aliphatic carbocycles. The SMILES string of the molecule is CCCCCCCCC1CC1CCCCCCCCOCC(COCCCC(=O)OC)N(C)C. The van der Waals surface area contributed by atoms with Crippen LogP contribution in [0.4, 0.5) is 0 Å². The average molecular weight is 484 g/mol. The highest BCUT2D eigenvalue weighted by atomic mass is 16.5. The molecule has 5 nitrogen and oxygen atoms in total. The van der Waals surface area contributed by atoms with Crippen molar-refractivity contribution in [2.45, 2.75) is 122 Å². The Labute approximate surface area is 211 Å². The van der Waals surface area contributed by atoms with Crippen LogP contribution in [0.2, 0.25) is 0 Å². The Balaban J connectivity index is 1.84. The lowest BCUT2D eigenvalue weighted by Crippen LogP contribution is -2.37. The molecule has 1 fully saturated rings. The Kier molecular flexibility index (Phi) is 20.0. The Hall–Kier alpha value is -0.650. The lowest BCUT2D eigenvalue weighted by atomic mass is 10.0. The van der Waals surface area contributed by atoms with E-state index in [9.17, 15) is 4.79 Å².